The van der Waals surface area contributed by atoms with Crippen LogP contribution in [0.15, 0.2) is 0 Å². The third-order valence-corrected chi connectivity index (χ3v) is 3.03. The lowest BCUT2D eigenvalue weighted by atomic mass is 9.97. The SMILES string of the molecule is CC(=O)OCC1O[C@@H](OC(C)=O)[C@@H](N)[C@@H](OC(C)=O)[C@@H]1OC(C)=O.Cl. The lowest BCUT2D eigenvalue weighted by Gasteiger charge is -2.42. The Kier molecular flexibility index (Phi) is 9.39. The fraction of sp³-hybridized carbons (Fsp3) is 0.714. The summed E-state index contributed by atoms with van der Waals surface area (Å²) in [5.41, 5.74) is 5.93. The fourth-order valence-electron chi connectivity index (χ4n) is 2.20. The molecule has 10 nitrogen and oxygen atoms in total. The topological polar surface area (TPSA) is 140 Å². The zero-order valence-corrected chi connectivity index (χ0v) is 15.1. The molecule has 0 bridgehead atoms. The third kappa shape index (κ3) is 7.24. The molecule has 11 heteroatoms. The number of halogens is 1. The van der Waals surface area contributed by atoms with Crippen LogP contribution in [-0.2, 0) is 42.9 Å². The number of hydrogen-bond donors (Lipinski definition) is 1. The molecule has 0 saturated carbocycles. The summed E-state index contributed by atoms with van der Waals surface area (Å²) in [4.78, 5) is 44.9. The fourth-order valence-corrected chi connectivity index (χ4v) is 2.20. The second kappa shape index (κ2) is 10.2. The minimum Gasteiger partial charge on any atom is -0.463 e. The Labute approximate surface area is 150 Å². The van der Waals surface area contributed by atoms with Crippen molar-refractivity contribution in [3.63, 3.8) is 0 Å². The number of rotatable bonds is 5. The molecular formula is C14H22ClNO9. The standard InChI is InChI=1S/C14H21NO9.ClH/c1-6(16)20-5-10-12(21-7(2)17)13(22-8(3)18)11(15)14(24-10)23-9(4)19;/h10-14H,5,15H2,1-4H3;1H/t10?,11-,12+,13+,14+;/m0./s1. The van der Waals surface area contributed by atoms with Crippen LogP contribution in [0.4, 0.5) is 0 Å². The van der Waals surface area contributed by atoms with E-state index in [0.717, 1.165) is 20.8 Å². The van der Waals surface area contributed by atoms with E-state index in [1.807, 2.05) is 0 Å². The monoisotopic (exact) mass is 383 g/mol. The van der Waals surface area contributed by atoms with Crippen molar-refractivity contribution in [3.05, 3.63) is 0 Å². The van der Waals surface area contributed by atoms with Gasteiger partial charge >= 0.3 is 23.9 Å². The van der Waals surface area contributed by atoms with Crippen molar-refractivity contribution in [1.29, 1.82) is 0 Å². The van der Waals surface area contributed by atoms with Crippen molar-refractivity contribution < 1.29 is 42.9 Å². The Morgan fingerprint density at radius 2 is 1.32 bits per heavy atom. The number of carbonyl (C=O) groups excluding carboxylic acids is 4. The number of nitrogens with two attached hydrogens (primary N) is 1. The van der Waals surface area contributed by atoms with Crippen molar-refractivity contribution in [2.75, 3.05) is 6.61 Å². The van der Waals surface area contributed by atoms with E-state index in [2.05, 4.69) is 0 Å². The van der Waals surface area contributed by atoms with Crippen LogP contribution in [0.2, 0.25) is 0 Å². The van der Waals surface area contributed by atoms with Crippen LogP contribution in [0.5, 0.6) is 0 Å². The summed E-state index contributed by atoms with van der Waals surface area (Å²) in [5.74, 6) is -2.62. The van der Waals surface area contributed by atoms with Gasteiger partial charge in [-0.2, -0.15) is 0 Å². The summed E-state index contributed by atoms with van der Waals surface area (Å²) in [5, 5.41) is 0. The van der Waals surface area contributed by atoms with Gasteiger partial charge in [-0.25, -0.2) is 0 Å². The molecule has 0 amide bonds. The molecule has 1 heterocycles. The first-order chi connectivity index (χ1) is 11.1. The highest BCUT2D eigenvalue weighted by Crippen LogP contribution is 2.26. The molecule has 1 rings (SSSR count). The van der Waals surface area contributed by atoms with Crippen LogP contribution in [0, 0.1) is 0 Å². The molecule has 1 fully saturated rings. The largest absolute Gasteiger partial charge is 0.463 e. The molecule has 0 aliphatic carbocycles. The zero-order chi connectivity index (χ0) is 18.4. The highest BCUT2D eigenvalue weighted by Gasteiger charge is 2.50. The Hall–Kier alpha value is -1.91. The van der Waals surface area contributed by atoms with Crippen molar-refractivity contribution in [3.8, 4) is 0 Å². The highest BCUT2D eigenvalue weighted by molar-refractivity contribution is 5.85. The molecule has 1 aliphatic rings. The average molecular weight is 384 g/mol. The van der Waals surface area contributed by atoms with Crippen LogP contribution in [0.1, 0.15) is 27.7 Å². The van der Waals surface area contributed by atoms with E-state index in [0.29, 0.717) is 0 Å². The van der Waals surface area contributed by atoms with E-state index in [9.17, 15) is 19.2 Å². The van der Waals surface area contributed by atoms with Crippen molar-refractivity contribution in [1.82, 2.24) is 0 Å². The van der Waals surface area contributed by atoms with E-state index >= 15 is 0 Å². The first kappa shape index (κ1) is 23.1. The second-order valence-electron chi connectivity index (χ2n) is 5.18. The molecule has 5 atom stereocenters. The molecule has 0 aromatic heterocycles. The van der Waals surface area contributed by atoms with Crippen molar-refractivity contribution >= 4 is 36.3 Å². The number of carbonyl (C=O) groups is 4. The van der Waals surface area contributed by atoms with Gasteiger partial charge in [0.25, 0.3) is 0 Å². The van der Waals surface area contributed by atoms with Gasteiger partial charge in [0.2, 0.25) is 6.29 Å². The Balaban J connectivity index is 0.00000576. The van der Waals surface area contributed by atoms with E-state index in [1.54, 1.807) is 0 Å². The van der Waals surface area contributed by atoms with Gasteiger partial charge in [0.05, 0.1) is 0 Å². The van der Waals surface area contributed by atoms with Gasteiger partial charge in [-0.3, -0.25) is 19.2 Å². The normalized spacial score (nSPS) is 28.1. The van der Waals surface area contributed by atoms with Gasteiger partial charge < -0.3 is 29.4 Å². The molecule has 0 aromatic carbocycles. The Bertz CT molecular complexity index is 497. The number of hydrogen-bond acceptors (Lipinski definition) is 10. The van der Waals surface area contributed by atoms with Crippen molar-refractivity contribution in [2.24, 2.45) is 5.73 Å². The quantitative estimate of drug-likeness (QED) is 0.485. The third-order valence-electron chi connectivity index (χ3n) is 3.03. The van der Waals surface area contributed by atoms with Crippen LogP contribution >= 0.6 is 12.4 Å². The summed E-state index contributed by atoms with van der Waals surface area (Å²) >= 11 is 0. The van der Waals surface area contributed by atoms with Gasteiger partial charge in [-0.05, 0) is 0 Å². The van der Waals surface area contributed by atoms with Gasteiger partial charge in [-0.1, -0.05) is 0 Å². The van der Waals surface area contributed by atoms with Crippen LogP contribution in [-0.4, -0.2) is 61.1 Å². The Morgan fingerprint density at radius 3 is 1.76 bits per heavy atom. The van der Waals surface area contributed by atoms with Crippen LogP contribution < -0.4 is 5.73 Å². The first-order valence-electron chi connectivity index (χ1n) is 7.18. The second-order valence-corrected chi connectivity index (χ2v) is 5.18. The summed E-state index contributed by atoms with van der Waals surface area (Å²) < 4.78 is 25.5. The minimum atomic E-state index is -1.26. The lowest BCUT2D eigenvalue weighted by molar-refractivity contribution is -0.267. The molecule has 1 aliphatic heterocycles. The molecule has 1 unspecified atom stereocenters. The van der Waals surface area contributed by atoms with Crippen LogP contribution in [0.25, 0.3) is 0 Å². The molecule has 144 valence electrons. The molecule has 0 spiro atoms. The van der Waals surface area contributed by atoms with Gasteiger partial charge in [0, 0.05) is 27.7 Å². The average Bonchev–Trinajstić information content (AvgIpc) is 2.42. The van der Waals surface area contributed by atoms with E-state index in [1.165, 1.54) is 6.92 Å². The lowest BCUT2D eigenvalue weighted by Crippen LogP contribution is -2.65. The molecular weight excluding hydrogens is 362 g/mol. The van der Waals surface area contributed by atoms with Gasteiger partial charge in [-0.15, -0.1) is 12.4 Å². The minimum absolute atomic E-state index is 0. The van der Waals surface area contributed by atoms with Gasteiger partial charge in [0.1, 0.15) is 18.8 Å². The summed E-state index contributed by atoms with van der Waals surface area (Å²) in [6.07, 6.45) is -4.58. The maximum atomic E-state index is 11.3. The summed E-state index contributed by atoms with van der Waals surface area (Å²) in [6, 6.07) is -1.10. The van der Waals surface area contributed by atoms with E-state index in [4.69, 9.17) is 29.4 Å². The molecule has 25 heavy (non-hydrogen) atoms. The molecule has 2 N–H and O–H groups in total. The maximum Gasteiger partial charge on any atom is 0.304 e. The first-order valence-corrected chi connectivity index (χ1v) is 7.18. The van der Waals surface area contributed by atoms with Crippen molar-refractivity contribution in [2.45, 2.75) is 58.3 Å². The summed E-state index contributed by atoms with van der Waals surface area (Å²) in [6.45, 7) is 4.32. The van der Waals surface area contributed by atoms with E-state index in [-0.39, 0.29) is 19.0 Å². The van der Waals surface area contributed by atoms with Crippen LogP contribution in [0.3, 0.4) is 0 Å². The predicted molar refractivity (Wildman–Crippen MR) is 83.4 cm³/mol. The Morgan fingerprint density at radius 1 is 0.840 bits per heavy atom. The zero-order valence-electron chi connectivity index (χ0n) is 14.3. The highest BCUT2D eigenvalue weighted by atomic mass is 35.5. The number of ether oxygens (including phenoxy) is 5. The molecule has 1 saturated heterocycles. The summed E-state index contributed by atoms with van der Waals surface area (Å²) in [7, 11) is 0. The predicted octanol–water partition coefficient (Wildman–Crippen LogP) is -0.550. The number of esters is 4. The maximum absolute atomic E-state index is 11.3. The molecule has 0 radical (unpaired) electrons. The van der Waals surface area contributed by atoms with Gasteiger partial charge in [0.15, 0.2) is 12.2 Å². The molecule has 0 aromatic rings. The smallest absolute Gasteiger partial charge is 0.304 e. The van der Waals surface area contributed by atoms with E-state index < -0.39 is 54.5 Å².